The standard InChI is InChI=1S/C29H34O8/c1-7-17(31)10-15-8-9-16-11-27(5)12-28(6)20(13(2)3)23(33)18(14(4)30)25(35)29(28,37)26(36)21(27)24(34)19(16)22(15)32/h8-9,13,20,32,34-35,37H,7,10-12H2,1-6H3/t20?,27-,28-,29+/m1/s1. The van der Waals surface area contributed by atoms with Gasteiger partial charge in [-0.2, -0.15) is 0 Å². The van der Waals surface area contributed by atoms with Gasteiger partial charge in [0.05, 0.1) is 5.56 Å². The average Bonchev–Trinajstić information content (AvgIpc) is 2.77. The Hall–Kier alpha value is -3.26. The van der Waals surface area contributed by atoms with E-state index in [4.69, 9.17) is 0 Å². The molecule has 0 saturated heterocycles. The van der Waals surface area contributed by atoms with Gasteiger partial charge in [-0.25, -0.2) is 0 Å². The second-order valence-electron chi connectivity index (χ2n) is 11.6. The van der Waals surface area contributed by atoms with Crippen LogP contribution in [-0.4, -0.2) is 49.2 Å². The third kappa shape index (κ3) is 3.38. The zero-order valence-electron chi connectivity index (χ0n) is 22.1. The largest absolute Gasteiger partial charge is 0.508 e. The van der Waals surface area contributed by atoms with Crippen LogP contribution in [0.5, 0.6) is 5.75 Å². The first-order valence-electron chi connectivity index (χ1n) is 12.6. The molecule has 3 aliphatic carbocycles. The molecule has 0 aromatic heterocycles. The predicted molar refractivity (Wildman–Crippen MR) is 135 cm³/mol. The number of rotatable bonds is 5. The van der Waals surface area contributed by atoms with Gasteiger partial charge in [0.2, 0.25) is 5.78 Å². The fraction of sp³-hybridized carbons (Fsp3) is 0.517. The molecule has 0 aliphatic heterocycles. The molecule has 0 bridgehead atoms. The van der Waals surface area contributed by atoms with Gasteiger partial charge in [-0.05, 0) is 31.2 Å². The van der Waals surface area contributed by atoms with Gasteiger partial charge < -0.3 is 20.4 Å². The third-order valence-corrected chi connectivity index (χ3v) is 8.74. The van der Waals surface area contributed by atoms with Crippen LogP contribution in [0.3, 0.4) is 0 Å². The summed E-state index contributed by atoms with van der Waals surface area (Å²) in [5.41, 5.74) is -5.08. The summed E-state index contributed by atoms with van der Waals surface area (Å²) in [5.74, 6) is -5.66. The molecule has 37 heavy (non-hydrogen) atoms. The van der Waals surface area contributed by atoms with Crippen LogP contribution in [0, 0.1) is 22.7 Å². The summed E-state index contributed by atoms with van der Waals surface area (Å²) in [6.45, 7) is 9.64. The van der Waals surface area contributed by atoms with Crippen molar-refractivity contribution in [1.29, 1.82) is 0 Å². The van der Waals surface area contributed by atoms with Crippen LogP contribution in [0.2, 0.25) is 0 Å². The van der Waals surface area contributed by atoms with Gasteiger partial charge in [0, 0.05) is 40.7 Å². The van der Waals surface area contributed by atoms with Crippen LogP contribution in [0.1, 0.15) is 71.1 Å². The number of carbonyl (C=O) groups is 4. The van der Waals surface area contributed by atoms with E-state index in [1.165, 1.54) is 0 Å². The Balaban J connectivity index is 2.02. The van der Waals surface area contributed by atoms with E-state index in [1.807, 2.05) is 0 Å². The van der Waals surface area contributed by atoms with E-state index in [2.05, 4.69) is 0 Å². The summed E-state index contributed by atoms with van der Waals surface area (Å²) in [5, 5.41) is 45.6. The normalized spacial score (nSPS) is 31.3. The van der Waals surface area contributed by atoms with E-state index in [0.717, 1.165) is 6.92 Å². The number of ketones is 4. The van der Waals surface area contributed by atoms with Crippen LogP contribution in [0.15, 0.2) is 29.0 Å². The first-order chi connectivity index (χ1) is 17.1. The van der Waals surface area contributed by atoms with Crippen LogP contribution in [0.4, 0.5) is 0 Å². The highest BCUT2D eigenvalue weighted by Crippen LogP contribution is 2.65. The average molecular weight is 511 g/mol. The fourth-order valence-corrected chi connectivity index (χ4v) is 7.23. The van der Waals surface area contributed by atoms with Gasteiger partial charge in [-0.1, -0.05) is 46.8 Å². The zero-order chi connectivity index (χ0) is 27.8. The Kier molecular flexibility index (Phi) is 6.07. The van der Waals surface area contributed by atoms with Gasteiger partial charge in [-0.3, -0.25) is 19.2 Å². The van der Waals surface area contributed by atoms with E-state index >= 15 is 0 Å². The van der Waals surface area contributed by atoms with E-state index in [1.54, 1.807) is 46.8 Å². The Morgan fingerprint density at radius 2 is 1.73 bits per heavy atom. The summed E-state index contributed by atoms with van der Waals surface area (Å²) >= 11 is 0. The smallest absolute Gasteiger partial charge is 0.203 e. The monoisotopic (exact) mass is 510 g/mol. The Morgan fingerprint density at radius 1 is 1.11 bits per heavy atom. The van der Waals surface area contributed by atoms with Crippen molar-refractivity contribution in [2.24, 2.45) is 22.7 Å². The summed E-state index contributed by atoms with van der Waals surface area (Å²) in [6.07, 6.45) is 0.472. The molecule has 198 valence electrons. The summed E-state index contributed by atoms with van der Waals surface area (Å²) in [4.78, 5) is 52.1. The minimum atomic E-state index is -2.64. The zero-order valence-corrected chi connectivity index (χ0v) is 22.1. The second-order valence-corrected chi connectivity index (χ2v) is 11.6. The lowest BCUT2D eigenvalue weighted by molar-refractivity contribution is -0.178. The topological polar surface area (TPSA) is 149 Å². The lowest BCUT2D eigenvalue weighted by atomic mass is 9.43. The highest BCUT2D eigenvalue weighted by molar-refractivity contribution is 6.24. The van der Waals surface area contributed by atoms with Crippen molar-refractivity contribution in [2.45, 2.75) is 72.8 Å². The maximum atomic E-state index is 14.2. The number of benzene rings is 1. The van der Waals surface area contributed by atoms with Gasteiger partial charge in [0.15, 0.2) is 17.2 Å². The molecule has 8 nitrogen and oxygen atoms in total. The molecular formula is C29H34O8. The van der Waals surface area contributed by atoms with Crippen molar-refractivity contribution in [3.05, 3.63) is 45.7 Å². The molecule has 4 rings (SSSR count). The Labute approximate surface area is 215 Å². The fourth-order valence-electron chi connectivity index (χ4n) is 7.23. The number of Topliss-reactive ketones (excluding diaryl/α,β-unsaturated/α-hetero) is 4. The molecule has 3 aliphatic rings. The number of phenolic OH excluding ortho intramolecular Hbond substituents is 1. The third-order valence-electron chi connectivity index (χ3n) is 8.74. The molecule has 1 aromatic carbocycles. The molecule has 1 fully saturated rings. The number of aliphatic hydroxyl groups is 3. The first kappa shape index (κ1) is 26.8. The molecule has 4 atom stereocenters. The van der Waals surface area contributed by atoms with Crippen LogP contribution >= 0.6 is 0 Å². The SMILES string of the molecule is CCC(=O)Cc1ccc2c(c1O)C(O)=C1C(=O)[C@@]3(O)C(O)=C(C(C)=O)C(=O)C(C(C)C)[C@@]3(C)C[C@@]1(C)C2. The lowest BCUT2D eigenvalue weighted by Crippen LogP contribution is -2.69. The van der Waals surface area contributed by atoms with Gasteiger partial charge >= 0.3 is 0 Å². The summed E-state index contributed by atoms with van der Waals surface area (Å²) in [7, 11) is 0. The molecule has 0 radical (unpaired) electrons. The van der Waals surface area contributed by atoms with Crippen LogP contribution in [-0.2, 0) is 32.0 Å². The minimum absolute atomic E-state index is 0.0111. The molecule has 8 heteroatoms. The molecule has 0 heterocycles. The summed E-state index contributed by atoms with van der Waals surface area (Å²) in [6, 6.07) is 3.33. The minimum Gasteiger partial charge on any atom is -0.508 e. The van der Waals surface area contributed by atoms with Crippen molar-refractivity contribution >= 4 is 28.9 Å². The van der Waals surface area contributed by atoms with E-state index < -0.39 is 56.8 Å². The molecule has 1 unspecified atom stereocenters. The lowest BCUT2D eigenvalue weighted by Gasteiger charge is -2.59. The highest BCUT2D eigenvalue weighted by Gasteiger charge is 2.72. The number of hydrogen-bond acceptors (Lipinski definition) is 8. The molecular weight excluding hydrogens is 476 g/mol. The number of allylic oxidation sites excluding steroid dienone is 1. The van der Waals surface area contributed by atoms with E-state index in [0.29, 0.717) is 11.1 Å². The first-order valence-corrected chi connectivity index (χ1v) is 12.6. The number of hydrogen-bond donors (Lipinski definition) is 4. The summed E-state index contributed by atoms with van der Waals surface area (Å²) < 4.78 is 0. The van der Waals surface area contributed by atoms with Crippen molar-refractivity contribution in [2.75, 3.05) is 0 Å². The number of aromatic hydroxyl groups is 1. The molecule has 4 N–H and O–H groups in total. The van der Waals surface area contributed by atoms with Gasteiger partial charge in [0.25, 0.3) is 0 Å². The van der Waals surface area contributed by atoms with Gasteiger partial charge in [0.1, 0.15) is 28.6 Å². The molecule has 1 aromatic rings. The number of fused-ring (bicyclic) bond motifs is 3. The van der Waals surface area contributed by atoms with Crippen molar-refractivity contribution in [3.8, 4) is 5.75 Å². The van der Waals surface area contributed by atoms with Crippen molar-refractivity contribution in [1.82, 2.24) is 0 Å². The molecule has 0 amide bonds. The second kappa shape index (κ2) is 8.38. The van der Waals surface area contributed by atoms with E-state index in [-0.39, 0.29) is 54.3 Å². The number of aliphatic hydroxyl groups excluding tert-OH is 2. The van der Waals surface area contributed by atoms with Gasteiger partial charge in [-0.15, -0.1) is 0 Å². The van der Waals surface area contributed by atoms with Crippen molar-refractivity contribution < 1.29 is 39.6 Å². The quantitative estimate of drug-likeness (QED) is 0.438. The number of carbonyl (C=O) groups excluding carboxylic acids is 4. The number of phenols is 1. The van der Waals surface area contributed by atoms with Crippen molar-refractivity contribution in [3.63, 3.8) is 0 Å². The maximum absolute atomic E-state index is 14.2. The maximum Gasteiger partial charge on any atom is 0.203 e. The highest BCUT2D eigenvalue weighted by atomic mass is 16.3. The Bertz CT molecular complexity index is 1330. The Morgan fingerprint density at radius 3 is 2.27 bits per heavy atom. The van der Waals surface area contributed by atoms with E-state index in [9.17, 15) is 39.6 Å². The molecule has 1 saturated carbocycles. The predicted octanol–water partition coefficient (Wildman–Crippen LogP) is 3.71. The van der Waals surface area contributed by atoms with Crippen LogP contribution in [0.25, 0.3) is 5.76 Å². The molecule has 0 spiro atoms. The van der Waals surface area contributed by atoms with Crippen LogP contribution < -0.4 is 0 Å².